The van der Waals surface area contributed by atoms with Gasteiger partial charge in [0.15, 0.2) is 11.8 Å². The summed E-state index contributed by atoms with van der Waals surface area (Å²) in [6.07, 6.45) is 0. The van der Waals surface area contributed by atoms with Gasteiger partial charge in [-0.15, -0.1) is 0 Å². The largest absolute Gasteiger partial charge is 0.460 e. The molecular formula is C10H14N2O3. The third-order valence-electron chi connectivity index (χ3n) is 2.03. The van der Waals surface area contributed by atoms with Crippen LogP contribution in [0.2, 0.25) is 0 Å². The molecule has 1 aliphatic heterocycles. The zero-order valence-corrected chi connectivity index (χ0v) is 8.71. The van der Waals surface area contributed by atoms with Crippen molar-refractivity contribution in [1.29, 1.82) is 0 Å². The van der Waals surface area contributed by atoms with Crippen LogP contribution in [0.3, 0.4) is 0 Å². The fourth-order valence-electron chi connectivity index (χ4n) is 1.23. The smallest absolute Gasteiger partial charge is 0.333 e. The molecule has 1 fully saturated rings. The van der Waals surface area contributed by atoms with Crippen molar-refractivity contribution < 1.29 is 14.3 Å². The molecule has 1 N–H and O–H groups in total. The molecule has 0 amide bonds. The maximum atomic E-state index is 11.0. The third kappa shape index (κ3) is 3.14. The first-order chi connectivity index (χ1) is 7.15. The molecule has 5 heteroatoms. The highest BCUT2D eigenvalue weighted by atomic mass is 16.5. The molecule has 0 spiro atoms. The van der Waals surface area contributed by atoms with Gasteiger partial charge in [0.1, 0.15) is 6.61 Å². The maximum absolute atomic E-state index is 11.0. The highest BCUT2D eigenvalue weighted by Crippen LogP contribution is 2.03. The second-order valence-electron chi connectivity index (χ2n) is 3.28. The number of rotatable bonds is 4. The summed E-state index contributed by atoms with van der Waals surface area (Å²) >= 11 is 0. The van der Waals surface area contributed by atoms with Crippen molar-refractivity contribution in [2.75, 3.05) is 26.2 Å². The van der Waals surface area contributed by atoms with Crippen molar-refractivity contribution >= 4 is 11.9 Å². The molecule has 82 valence electrons. The van der Waals surface area contributed by atoms with Gasteiger partial charge in [0.2, 0.25) is 0 Å². The number of carbonyl (C=O) groups is 1. The lowest BCUT2D eigenvalue weighted by Crippen LogP contribution is -2.26. The molecule has 0 bridgehead atoms. The number of hydrogen-bond donors (Lipinski definition) is 1. The average molecular weight is 210 g/mol. The molecule has 15 heavy (non-hydrogen) atoms. The molecule has 0 aromatic rings. The molecule has 0 aliphatic carbocycles. The van der Waals surface area contributed by atoms with E-state index in [0.29, 0.717) is 17.9 Å². The van der Waals surface area contributed by atoms with Crippen LogP contribution in [0.1, 0.15) is 6.92 Å². The predicted molar refractivity (Wildman–Crippen MR) is 54.6 cm³/mol. The van der Waals surface area contributed by atoms with Gasteiger partial charge in [0, 0.05) is 18.7 Å². The van der Waals surface area contributed by atoms with Crippen LogP contribution in [0, 0.1) is 0 Å². The maximum Gasteiger partial charge on any atom is 0.333 e. The number of ether oxygens (including phenoxy) is 1. The summed E-state index contributed by atoms with van der Waals surface area (Å²) in [6, 6.07) is 0. The number of hydrogen-bond acceptors (Lipinski definition) is 5. The van der Waals surface area contributed by atoms with E-state index >= 15 is 0 Å². The number of nitrogens with one attached hydrogen (secondary N) is 1. The summed E-state index contributed by atoms with van der Waals surface area (Å²) in [5.41, 5.74) is 0.376. The average Bonchev–Trinajstić information content (AvgIpc) is 2.65. The summed E-state index contributed by atoms with van der Waals surface area (Å²) in [4.78, 5) is 23.3. The van der Waals surface area contributed by atoms with E-state index in [1.54, 1.807) is 17.8 Å². The van der Waals surface area contributed by atoms with Crippen LogP contribution in [0.15, 0.2) is 18.0 Å². The molecule has 0 saturated carbocycles. The van der Waals surface area contributed by atoms with Gasteiger partial charge in [-0.3, -0.25) is 0 Å². The molecule has 1 heterocycles. The van der Waals surface area contributed by atoms with Crippen molar-refractivity contribution in [2.45, 2.75) is 6.92 Å². The quantitative estimate of drug-likeness (QED) is 0.391. The summed E-state index contributed by atoms with van der Waals surface area (Å²) in [5.74, 6) is 1.83. The van der Waals surface area contributed by atoms with Gasteiger partial charge in [-0.05, 0) is 6.92 Å². The molecule has 0 aromatic heterocycles. The molecule has 1 saturated heterocycles. The highest BCUT2D eigenvalue weighted by molar-refractivity contribution is 5.86. The third-order valence-corrected chi connectivity index (χ3v) is 2.03. The van der Waals surface area contributed by atoms with E-state index in [9.17, 15) is 9.59 Å². The van der Waals surface area contributed by atoms with Gasteiger partial charge >= 0.3 is 5.97 Å². The Balaban J connectivity index is 2.29. The van der Waals surface area contributed by atoms with E-state index in [0.717, 1.165) is 13.1 Å². The Kier molecular flexibility index (Phi) is 3.94. The van der Waals surface area contributed by atoms with Crippen LogP contribution in [0.5, 0.6) is 0 Å². The summed E-state index contributed by atoms with van der Waals surface area (Å²) in [7, 11) is 0. The van der Waals surface area contributed by atoms with Crippen molar-refractivity contribution in [1.82, 2.24) is 10.2 Å². The molecule has 1 aliphatic rings. The predicted octanol–water partition coefficient (Wildman–Crippen LogP) is -0.316. The van der Waals surface area contributed by atoms with E-state index in [1.165, 1.54) is 0 Å². The SMILES string of the molecule is C=C(C)C(=O)OCCN1CCNC1=C=O. The standard InChI is InChI=1S/C10H14N2O3/c1-8(2)10(14)15-6-5-12-4-3-11-9(12)7-13/h11H,1,3-6H2,2H3. The first kappa shape index (κ1) is 11.3. The Bertz CT molecular complexity index is 319. The number of nitrogens with zero attached hydrogens (tertiary/aromatic N) is 1. The van der Waals surface area contributed by atoms with Gasteiger partial charge in [-0.2, -0.15) is 0 Å². The van der Waals surface area contributed by atoms with Gasteiger partial charge in [0.25, 0.3) is 0 Å². The Morgan fingerprint density at radius 3 is 3.07 bits per heavy atom. The number of esters is 1. The van der Waals surface area contributed by atoms with Crippen LogP contribution in [0.25, 0.3) is 0 Å². The van der Waals surface area contributed by atoms with Crippen LogP contribution in [-0.2, 0) is 14.3 Å². The van der Waals surface area contributed by atoms with Gasteiger partial charge in [0.05, 0.1) is 6.54 Å². The molecule has 0 atom stereocenters. The normalized spacial score (nSPS) is 14.5. The molecule has 0 radical (unpaired) electrons. The summed E-state index contributed by atoms with van der Waals surface area (Å²) in [5, 5.41) is 2.88. The molecule has 0 aromatic carbocycles. The Morgan fingerprint density at radius 2 is 2.47 bits per heavy atom. The van der Waals surface area contributed by atoms with Crippen molar-refractivity contribution in [3.05, 3.63) is 18.0 Å². The molecule has 5 nitrogen and oxygen atoms in total. The minimum absolute atomic E-state index is 0.249. The van der Waals surface area contributed by atoms with E-state index in [1.807, 2.05) is 0 Å². The fraction of sp³-hybridized carbons (Fsp3) is 0.500. The van der Waals surface area contributed by atoms with Crippen molar-refractivity contribution in [2.24, 2.45) is 0 Å². The first-order valence-electron chi connectivity index (χ1n) is 4.71. The fourth-order valence-corrected chi connectivity index (χ4v) is 1.23. The topological polar surface area (TPSA) is 58.6 Å². The zero-order valence-electron chi connectivity index (χ0n) is 8.71. The highest BCUT2D eigenvalue weighted by Gasteiger charge is 2.17. The Hall–Kier alpha value is -1.74. The van der Waals surface area contributed by atoms with E-state index in [4.69, 9.17) is 4.74 Å². The van der Waals surface area contributed by atoms with Gasteiger partial charge in [-0.25, -0.2) is 9.59 Å². The number of carbonyl (C=O) groups excluding carboxylic acids is 2. The zero-order chi connectivity index (χ0) is 11.3. The van der Waals surface area contributed by atoms with E-state index in [2.05, 4.69) is 11.9 Å². The lowest BCUT2D eigenvalue weighted by molar-refractivity contribution is -0.139. The van der Waals surface area contributed by atoms with Crippen LogP contribution in [-0.4, -0.2) is 43.1 Å². The Labute approximate surface area is 88.4 Å². The van der Waals surface area contributed by atoms with Crippen molar-refractivity contribution in [3.8, 4) is 0 Å². The lowest BCUT2D eigenvalue weighted by Gasteiger charge is -2.15. The minimum atomic E-state index is -0.404. The van der Waals surface area contributed by atoms with Gasteiger partial charge < -0.3 is 15.0 Å². The van der Waals surface area contributed by atoms with Gasteiger partial charge in [-0.1, -0.05) is 6.58 Å². The first-order valence-corrected chi connectivity index (χ1v) is 4.71. The summed E-state index contributed by atoms with van der Waals surface area (Å²) in [6.45, 7) is 7.26. The van der Waals surface area contributed by atoms with Crippen LogP contribution in [0.4, 0.5) is 0 Å². The van der Waals surface area contributed by atoms with E-state index < -0.39 is 5.97 Å². The summed E-state index contributed by atoms with van der Waals surface area (Å²) < 4.78 is 4.91. The second kappa shape index (κ2) is 5.22. The van der Waals surface area contributed by atoms with E-state index in [-0.39, 0.29) is 6.61 Å². The lowest BCUT2D eigenvalue weighted by atomic mass is 10.4. The molecular weight excluding hydrogens is 196 g/mol. The Morgan fingerprint density at radius 1 is 1.73 bits per heavy atom. The van der Waals surface area contributed by atoms with Crippen molar-refractivity contribution in [3.63, 3.8) is 0 Å². The monoisotopic (exact) mass is 210 g/mol. The van der Waals surface area contributed by atoms with Crippen LogP contribution >= 0.6 is 0 Å². The minimum Gasteiger partial charge on any atom is -0.460 e. The van der Waals surface area contributed by atoms with Crippen LogP contribution < -0.4 is 5.32 Å². The molecule has 1 rings (SSSR count). The second-order valence-corrected chi connectivity index (χ2v) is 3.28. The molecule has 0 unspecified atom stereocenters.